The molecule has 286 valence electrons. The number of rotatable bonds is 33. The summed E-state index contributed by atoms with van der Waals surface area (Å²) in [6.07, 6.45) is 24.4. The van der Waals surface area contributed by atoms with Crippen LogP contribution in [0.4, 0.5) is 0 Å². The lowest BCUT2D eigenvalue weighted by Gasteiger charge is -2.40. The fourth-order valence-electron chi connectivity index (χ4n) is 6.63. The zero-order valence-electron chi connectivity index (χ0n) is 31.0. The topological polar surface area (TPSA) is 149 Å². The Labute approximate surface area is 294 Å². The van der Waals surface area contributed by atoms with Crippen molar-refractivity contribution in [2.75, 3.05) is 13.2 Å². The molecule has 0 aromatic carbocycles. The number of hydrogen-bond donors (Lipinski definition) is 6. The Bertz CT molecular complexity index is 726. The van der Waals surface area contributed by atoms with Gasteiger partial charge in [0, 0.05) is 6.42 Å². The van der Waals surface area contributed by atoms with E-state index in [0.717, 1.165) is 51.4 Å². The van der Waals surface area contributed by atoms with Crippen LogP contribution in [0.2, 0.25) is 0 Å². The first-order chi connectivity index (χ1) is 23.3. The van der Waals surface area contributed by atoms with Gasteiger partial charge < -0.3 is 40.3 Å². The molecule has 9 nitrogen and oxygen atoms in total. The highest BCUT2D eigenvalue weighted by atomic mass is 16.7. The van der Waals surface area contributed by atoms with Crippen molar-refractivity contribution in [2.24, 2.45) is 0 Å². The fourth-order valence-corrected chi connectivity index (χ4v) is 6.63. The van der Waals surface area contributed by atoms with E-state index >= 15 is 0 Å². The molecule has 0 aromatic rings. The summed E-state index contributed by atoms with van der Waals surface area (Å²) in [5.74, 6) is -0.156. The molecule has 1 fully saturated rings. The normalized spacial score (nSPS) is 22.5. The predicted molar refractivity (Wildman–Crippen MR) is 194 cm³/mol. The maximum absolute atomic E-state index is 12.7. The molecular formula is C39H77NO8. The van der Waals surface area contributed by atoms with E-state index in [4.69, 9.17) is 9.47 Å². The summed E-state index contributed by atoms with van der Waals surface area (Å²) in [5.41, 5.74) is 0. The third kappa shape index (κ3) is 22.1. The molecule has 1 saturated heterocycles. The van der Waals surface area contributed by atoms with Crippen molar-refractivity contribution in [3.8, 4) is 0 Å². The Morgan fingerprint density at radius 3 is 1.48 bits per heavy atom. The third-order valence-corrected chi connectivity index (χ3v) is 9.96. The Kier molecular flexibility index (Phi) is 29.2. The van der Waals surface area contributed by atoms with Gasteiger partial charge in [0.1, 0.15) is 24.4 Å². The van der Waals surface area contributed by atoms with Crippen molar-refractivity contribution >= 4 is 5.91 Å². The van der Waals surface area contributed by atoms with Crippen LogP contribution in [0.15, 0.2) is 0 Å². The van der Waals surface area contributed by atoms with Crippen LogP contribution in [0, 0.1) is 0 Å². The molecule has 1 amide bonds. The second-order valence-electron chi connectivity index (χ2n) is 14.4. The van der Waals surface area contributed by atoms with E-state index in [2.05, 4.69) is 19.2 Å². The molecule has 1 heterocycles. The summed E-state index contributed by atoms with van der Waals surface area (Å²) in [5, 5.41) is 53.8. The van der Waals surface area contributed by atoms with E-state index in [1.807, 2.05) is 0 Å². The summed E-state index contributed by atoms with van der Waals surface area (Å²) in [6, 6.07) is -0.708. The maximum Gasteiger partial charge on any atom is 0.220 e. The van der Waals surface area contributed by atoms with E-state index in [1.54, 1.807) is 0 Å². The SMILES string of the molecule is CCCCCCCCCCCCCCCCCCCCCCC(O)C(COC1OC(CO)C(O)C(O)C1O)NC(=O)CCCCCCC. The number of aliphatic hydroxyl groups is 5. The van der Waals surface area contributed by atoms with E-state index < -0.39 is 49.5 Å². The van der Waals surface area contributed by atoms with Crippen molar-refractivity contribution < 1.29 is 39.8 Å². The highest BCUT2D eigenvalue weighted by Gasteiger charge is 2.44. The highest BCUT2D eigenvalue weighted by Crippen LogP contribution is 2.23. The van der Waals surface area contributed by atoms with Gasteiger partial charge in [-0.05, 0) is 12.8 Å². The van der Waals surface area contributed by atoms with Crippen molar-refractivity contribution in [3.63, 3.8) is 0 Å². The molecule has 9 heteroatoms. The van der Waals surface area contributed by atoms with E-state index in [0.29, 0.717) is 12.8 Å². The van der Waals surface area contributed by atoms with E-state index in [1.165, 1.54) is 109 Å². The van der Waals surface area contributed by atoms with Crippen molar-refractivity contribution in [1.82, 2.24) is 5.32 Å². The molecule has 1 aliphatic rings. The quantitative estimate of drug-likeness (QED) is 0.0396. The Morgan fingerprint density at radius 1 is 0.625 bits per heavy atom. The molecule has 0 spiro atoms. The van der Waals surface area contributed by atoms with Gasteiger partial charge in [-0.3, -0.25) is 4.79 Å². The number of nitrogens with one attached hydrogen (secondary N) is 1. The van der Waals surface area contributed by atoms with Crippen LogP contribution in [0.1, 0.15) is 187 Å². The van der Waals surface area contributed by atoms with Crippen LogP contribution in [-0.2, 0) is 14.3 Å². The lowest BCUT2D eigenvalue weighted by Crippen LogP contribution is -2.60. The molecule has 6 N–H and O–H groups in total. The zero-order chi connectivity index (χ0) is 35.2. The van der Waals surface area contributed by atoms with Crippen molar-refractivity contribution in [3.05, 3.63) is 0 Å². The standard InChI is InChI=1S/C39H77NO8/c1-3-5-7-9-10-11-12-13-14-15-16-17-18-19-20-21-22-23-25-26-28-33(42)32(40-35(43)29-27-24-8-6-4-2)31-47-39-38(46)37(45)36(44)34(30-41)48-39/h32-34,36-39,41-42,44-46H,3-31H2,1-2H3,(H,40,43). The molecular weight excluding hydrogens is 610 g/mol. The first kappa shape index (κ1) is 45.2. The second kappa shape index (κ2) is 31.0. The summed E-state index contributed by atoms with van der Waals surface area (Å²) in [7, 11) is 0. The van der Waals surface area contributed by atoms with Gasteiger partial charge >= 0.3 is 0 Å². The smallest absolute Gasteiger partial charge is 0.220 e. The molecule has 7 atom stereocenters. The monoisotopic (exact) mass is 688 g/mol. The van der Waals surface area contributed by atoms with Gasteiger partial charge in [-0.1, -0.05) is 168 Å². The average molecular weight is 688 g/mol. The van der Waals surface area contributed by atoms with Gasteiger partial charge in [0.05, 0.1) is 25.4 Å². The molecule has 1 rings (SSSR count). The van der Waals surface area contributed by atoms with Gasteiger partial charge in [-0.25, -0.2) is 0 Å². The van der Waals surface area contributed by atoms with Crippen LogP contribution < -0.4 is 5.32 Å². The minimum Gasteiger partial charge on any atom is -0.394 e. The Morgan fingerprint density at radius 2 is 1.04 bits per heavy atom. The largest absolute Gasteiger partial charge is 0.394 e. The fraction of sp³-hybridized carbons (Fsp3) is 0.974. The summed E-state index contributed by atoms with van der Waals surface area (Å²) in [6.45, 7) is 3.74. The molecule has 7 unspecified atom stereocenters. The average Bonchev–Trinajstić information content (AvgIpc) is 3.08. The first-order valence-electron chi connectivity index (χ1n) is 20.2. The zero-order valence-corrected chi connectivity index (χ0v) is 31.0. The maximum atomic E-state index is 12.7. The molecule has 0 aromatic heterocycles. The number of unbranched alkanes of at least 4 members (excludes halogenated alkanes) is 23. The summed E-state index contributed by atoms with van der Waals surface area (Å²) >= 11 is 0. The number of hydrogen-bond acceptors (Lipinski definition) is 8. The Balaban J connectivity index is 2.23. The highest BCUT2D eigenvalue weighted by molar-refractivity contribution is 5.76. The number of carbonyl (C=O) groups is 1. The predicted octanol–water partition coefficient (Wildman–Crippen LogP) is 7.22. The van der Waals surface area contributed by atoms with Gasteiger partial charge in [0.15, 0.2) is 6.29 Å². The minimum atomic E-state index is -1.55. The molecule has 48 heavy (non-hydrogen) atoms. The van der Waals surface area contributed by atoms with Gasteiger partial charge in [0.25, 0.3) is 0 Å². The summed E-state index contributed by atoms with van der Waals surface area (Å²) in [4.78, 5) is 12.7. The van der Waals surface area contributed by atoms with E-state index in [9.17, 15) is 30.3 Å². The van der Waals surface area contributed by atoms with Crippen LogP contribution in [0.3, 0.4) is 0 Å². The number of amides is 1. The lowest BCUT2D eigenvalue weighted by molar-refractivity contribution is -0.302. The van der Waals surface area contributed by atoms with Crippen molar-refractivity contribution in [1.29, 1.82) is 0 Å². The third-order valence-electron chi connectivity index (χ3n) is 9.96. The van der Waals surface area contributed by atoms with Crippen LogP contribution in [0.5, 0.6) is 0 Å². The molecule has 0 radical (unpaired) electrons. The number of carbonyl (C=O) groups excluding carboxylic acids is 1. The first-order valence-corrected chi connectivity index (χ1v) is 20.2. The molecule has 1 aliphatic heterocycles. The van der Waals surface area contributed by atoms with Crippen LogP contribution in [-0.4, -0.2) is 87.5 Å². The minimum absolute atomic E-state index is 0.134. The molecule has 0 aliphatic carbocycles. The second-order valence-corrected chi connectivity index (χ2v) is 14.4. The Hall–Kier alpha value is -0.810. The number of aliphatic hydroxyl groups excluding tert-OH is 5. The van der Waals surface area contributed by atoms with Crippen LogP contribution >= 0.6 is 0 Å². The van der Waals surface area contributed by atoms with E-state index in [-0.39, 0.29) is 12.5 Å². The van der Waals surface area contributed by atoms with Gasteiger partial charge in [-0.2, -0.15) is 0 Å². The summed E-state index contributed by atoms with van der Waals surface area (Å²) < 4.78 is 11.2. The van der Waals surface area contributed by atoms with Crippen molar-refractivity contribution in [2.45, 2.75) is 230 Å². The van der Waals surface area contributed by atoms with Crippen LogP contribution in [0.25, 0.3) is 0 Å². The lowest BCUT2D eigenvalue weighted by atomic mass is 9.99. The molecule has 0 saturated carbocycles. The van der Waals surface area contributed by atoms with Gasteiger partial charge in [0.2, 0.25) is 5.91 Å². The van der Waals surface area contributed by atoms with Gasteiger partial charge in [-0.15, -0.1) is 0 Å². The molecule has 0 bridgehead atoms. The number of ether oxygens (including phenoxy) is 2.